The molecule has 0 radical (unpaired) electrons. The fraction of sp³-hybridized carbons (Fsp3) is 0.0833. The van der Waals surface area contributed by atoms with E-state index in [2.05, 4.69) is 4.98 Å². The molecule has 5 nitrogen and oxygen atoms in total. The van der Waals surface area contributed by atoms with Crippen LogP contribution in [0.15, 0.2) is 28.7 Å². The molecule has 5 heteroatoms. The number of rotatable bonds is 2. The van der Waals surface area contributed by atoms with Gasteiger partial charge in [-0.2, -0.15) is 5.26 Å². The molecule has 0 atom stereocenters. The van der Waals surface area contributed by atoms with E-state index >= 15 is 0 Å². The Morgan fingerprint density at radius 3 is 2.53 bits per heavy atom. The van der Waals surface area contributed by atoms with Gasteiger partial charge in [0.1, 0.15) is 0 Å². The highest BCUT2D eigenvalue weighted by atomic mass is 16.4. The van der Waals surface area contributed by atoms with Gasteiger partial charge in [-0.05, 0) is 31.2 Å². The molecule has 1 heterocycles. The summed E-state index contributed by atoms with van der Waals surface area (Å²) in [6.07, 6.45) is 0. The molecule has 84 valence electrons. The summed E-state index contributed by atoms with van der Waals surface area (Å²) in [6, 6.07) is 8.83. The Balaban J connectivity index is 2.46. The van der Waals surface area contributed by atoms with E-state index in [1.807, 2.05) is 6.07 Å². The molecule has 0 bridgehead atoms. The molecular formula is C12H9N3O2. The lowest BCUT2D eigenvalue weighted by molar-refractivity contribution is 0.0968. The molecule has 17 heavy (non-hydrogen) atoms. The van der Waals surface area contributed by atoms with Crippen molar-refractivity contribution in [3.05, 3.63) is 41.4 Å². The first-order valence-electron chi connectivity index (χ1n) is 4.89. The topological polar surface area (TPSA) is 92.9 Å². The molecule has 0 fully saturated rings. The molecule has 2 aromatic rings. The number of oxazole rings is 1. The maximum Gasteiger partial charge on any atom is 0.304 e. The number of nitrogens with two attached hydrogens (primary N) is 1. The molecule has 0 aliphatic heterocycles. The van der Waals surface area contributed by atoms with Crippen LogP contribution in [0.5, 0.6) is 0 Å². The molecule has 0 saturated heterocycles. The minimum absolute atomic E-state index is 0.109. The predicted octanol–water partition coefficient (Wildman–Crippen LogP) is 1.62. The summed E-state index contributed by atoms with van der Waals surface area (Å²) in [5.74, 6) is -0.321. The summed E-state index contributed by atoms with van der Waals surface area (Å²) in [4.78, 5) is 14.8. The van der Waals surface area contributed by atoms with Crippen molar-refractivity contribution in [2.24, 2.45) is 5.73 Å². The third-order valence-corrected chi connectivity index (χ3v) is 2.28. The van der Waals surface area contributed by atoms with Gasteiger partial charge in [-0.15, -0.1) is 0 Å². The number of nitriles is 1. The maximum absolute atomic E-state index is 10.9. The summed E-state index contributed by atoms with van der Waals surface area (Å²) in [5.41, 5.74) is 6.98. The van der Waals surface area contributed by atoms with E-state index in [1.165, 1.54) is 0 Å². The SMILES string of the molecule is Cc1nc(C(N)=O)oc1-c1ccc(C#N)cc1. The third kappa shape index (κ3) is 2.01. The van der Waals surface area contributed by atoms with Crippen molar-refractivity contribution < 1.29 is 9.21 Å². The number of hydrogen-bond acceptors (Lipinski definition) is 4. The molecular weight excluding hydrogens is 218 g/mol. The van der Waals surface area contributed by atoms with Crippen molar-refractivity contribution in [3.63, 3.8) is 0 Å². The van der Waals surface area contributed by atoms with Crippen LogP contribution in [0.1, 0.15) is 21.9 Å². The third-order valence-electron chi connectivity index (χ3n) is 2.28. The minimum atomic E-state index is -0.701. The van der Waals surface area contributed by atoms with E-state index < -0.39 is 5.91 Å². The summed E-state index contributed by atoms with van der Waals surface area (Å²) in [7, 11) is 0. The fourth-order valence-corrected chi connectivity index (χ4v) is 1.47. The Bertz CT molecular complexity index is 606. The Morgan fingerprint density at radius 2 is 2.06 bits per heavy atom. The maximum atomic E-state index is 10.9. The number of carbonyl (C=O) groups is 1. The smallest absolute Gasteiger partial charge is 0.304 e. The molecule has 1 amide bonds. The first-order chi connectivity index (χ1) is 8.11. The fourth-order valence-electron chi connectivity index (χ4n) is 1.47. The quantitative estimate of drug-likeness (QED) is 0.843. The second kappa shape index (κ2) is 4.10. The van der Waals surface area contributed by atoms with Crippen molar-refractivity contribution in [1.82, 2.24) is 4.98 Å². The van der Waals surface area contributed by atoms with Crippen LogP contribution >= 0.6 is 0 Å². The van der Waals surface area contributed by atoms with Crippen LogP contribution in [0.2, 0.25) is 0 Å². The Kier molecular flexibility index (Phi) is 2.63. The highest BCUT2D eigenvalue weighted by Crippen LogP contribution is 2.24. The molecule has 0 unspecified atom stereocenters. The van der Waals surface area contributed by atoms with Crippen LogP contribution in [0, 0.1) is 18.3 Å². The van der Waals surface area contributed by atoms with Gasteiger partial charge in [0.25, 0.3) is 5.89 Å². The van der Waals surface area contributed by atoms with Gasteiger partial charge in [0, 0.05) is 5.56 Å². The normalized spacial score (nSPS) is 9.88. The zero-order valence-electron chi connectivity index (χ0n) is 9.10. The molecule has 1 aromatic heterocycles. The zero-order chi connectivity index (χ0) is 12.4. The standard InChI is InChI=1S/C12H9N3O2/c1-7-10(17-12(15-7)11(14)16)9-4-2-8(6-13)3-5-9/h2-5H,1H3,(H2,14,16). The van der Waals surface area contributed by atoms with Gasteiger partial charge in [-0.1, -0.05) is 0 Å². The van der Waals surface area contributed by atoms with Crippen LogP contribution < -0.4 is 5.73 Å². The molecule has 0 saturated carbocycles. The number of hydrogen-bond donors (Lipinski definition) is 1. The summed E-state index contributed by atoms with van der Waals surface area (Å²) in [6.45, 7) is 1.73. The lowest BCUT2D eigenvalue weighted by atomic mass is 10.1. The molecule has 1 aromatic carbocycles. The van der Waals surface area contributed by atoms with Crippen molar-refractivity contribution in [1.29, 1.82) is 5.26 Å². The number of primary amides is 1. The van der Waals surface area contributed by atoms with Crippen LogP contribution in [0.25, 0.3) is 11.3 Å². The van der Waals surface area contributed by atoms with Gasteiger partial charge in [0.15, 0.2) is 5.76 Å². The van der Waals surface area contributed by atoms with Crippen molar-refractivity contribution >= 4 is 5.91 Å². The van der Waals surface area contributed by atoms with E-state index in [0.29, 0.717) is 17.0 Å². The van der Waals surface area contributed by atoms with Gasteiger partial charge >= 0.3 is 5.91 Å². The first kappa shape index (κ1) is 10.9. The van der Waals surface area contributed by atoms with Gasteiger partial charge < -0.3 is 10.2 Å². The van der Waals surface area contributed by atoms with Gasteiger partial charge in [-0.3, -0.25) is 4.79 Å². The minimum Gasteiger partial charge on any atom is -0.432 e. The average Bonchev–Trinajstić information content (AvgIpc) is 2.72. The molecule has 0 aliphatic rings. The van der Waals surface area contributed by atoms with Crippen LogP contribution in [0.3, 0.4) is 0 Å². The Labute approximate surface area is 97.5 Å². The Morgan fingerprint density at radius 1 is 1.41 bits per heavy atom. The van der Waals surface area contributed by atoms with Crippen LogP contribution in [-0.4, -0.2) is 10.9 Å². The number of benzene rings is 1. The summed E-state index contributed by atoms with van der Waals surface area (Å²) >= 11 is 0. The van der Waals surface area contributed by atoms with Gasteiger partial charge in [0.2, 0.25) is 0 Å². The lowest BCUT2D eigenvalue weighted by Gasteiger charge is -1.97. The lowest BCUT2D eigenvalue weighted by Crippen LogP contribution is -2.10. The van der Waals surface area contributed by atoms with Crippen LogP contribution in [0.4, 0.5) is 0 Å². The highest BCUT2D eigenvalue weighted by molar-refractivity contribution is 5.88. The number of aryl methyl sites for hydroxylation is 1. The van der Waals surface area contributed by atoms with Crippen molar-refractivity contribution in [2.75, 3.05) is 0 Å². The van der Waals surface area contributed by atoms with Crippen molar-refractivity contribution in [2.45, 2.75) is 6.92 Å². The molecule has 2 N–H and O–H groups in total. The van der Waals surface area contributed by atoms with E-state index in [4.69, 9.17) is 15.4 Å². The second-order valence-electron chi connectivity index (χ2n) is 3.49. The molecule has 0 spiro atoms. The largest absolute Gasteiger partial charge is 0.432 e. The first-order valence-corrected chi connectivity index (χ1v) is 4.89. The van der Waals surface area contributed by atoms with E-state index in [-0.39, 0.29) is 5.89 Å². The van der Waals surface area contributed by atoms with Gasteiger partial charge in [-0.25, -0.2) is 4.98 Å². The van der Waals surface area contributed by atoms with Crippen molar-refractivity contribution in [3.8, 4) is 17.4 Å². The number of nitrogens with zero attached hydrogens (tertiary/aromatic N) is 2. The number of carbonyl (C=O) groups excluding carboxylic acids is 1. The van der Waals surface area contributed by atoms with Crippen LogP contribution in [-0.2, 0) is 0 Å². The zero-order valence-corrected chi connectivity index (χ0v) is 9.10. The number of amides is 1. The van der Waals surface area contributed by atoms with E-state index in [1.54, 1.807) is 31.2 Å². The van der Waals surface area contributed by atoms with E-state index in [9.17, 15) is 4.79 Å². The van der Waals surface area contributed by atoms with E-state index in [0.717, 1.165) is 5.56 Å². The highest BCUT2D eigenvalue weighted by Gasteiger charge is 2.14. The molecule has 2 rings (SSSR count). The second-order valence-corrected chi connectivity index (χ2v) is 3.49. The Hall–Kier alpha value is -2.61. The summed E-state index contributed by atoms with van der Waals surface area (Å²) in [5, 5.41) is 8.68. The average molecular weight is 227 g/mol. The predicted molar refractivity (Wildman–Crippen MR) is 59.9 cm³/mol. The number of aromatic nitrogens is 1. The summed E-state index contributed by atoms with van der Waals surface area (Å²) < 4.78 is 5.27. The molecule has 0 aliphatic carbocycles. The van der Waals surface area contributed by atoms with Gasteiger partial charge in [0.05, 0.1) is 17.3 Å². The monoisotopic (exact) mass is 227 g/mol.